The lowest BCUT2D eigenvalue weighted by molar-refractivity contribution is 0.419. The fraction of sp³-hybridized carbons (Fsp3) is 0.471. The molecule has 0 saturated heterocycles. The standard InChI is InChI=1S/C17H23N3/c1-2-7-17(8-9-17)12-19-11-13-10-15(18)14-5-3-4-6-16(14)20-13/h3-6,10,19H,2,7-9,11-12H2,1H3,(H2,18,20). The van der Waals surface area contributed by atoms with Crippen molar-refractivity contribution in [2.24, 2.45) is 5.41 Å². The third-order valence-electron chi connectivity index (χ3n) is 4.34. The molecule has 20 heavy (non-hydrogen) atoms. The Hall–Kier alpha value is -1.61. The van der Waals surface area contributed by atoms with Crippen LogP contribution in [-0.4, -0.2) is 11.5 Å². The zero-order valence-electron chi connectivity index (χ0n) is 12.2. The number of benzene rings is 1. The van der Waals surface area contributed by atoms with Gasteiger partial charge in [0.2, 0.25) is 0 Å². The average molecular weight is 269 g/mol. The second kappa shape index (κ2) is 5.41. The highest BCUT2D eigenvalue weighted by atomic mass is 14.9. The molecule has 3 heteroatoms. The van der Waals surface area contributed by atoms with E-state index in [2.05, 4.69) is 17.2 Å². The van der Waals surface area contributed by atoms with Crippen LogP contribution >= 0.6 is 0 Å². The Morgan fingerprint density at radius 3 is 2.85 bits per heavy atom. The summed E-state index contributed by atoms with van der Waals surface area (Å²) >= 11 is 0. The van der Waals surface area contributed by atoms with Crippen molar-refractivity contribution in [1.29, 1.82) is 0 Å². The number of nitrogens with two attached hydrogens (primary N) is 1. The van der Waals surface area contributed by atoms with Crippen molar-refractivity contribution < 1.29 is 0 Å². The van der Waals surface area contributed by atoms with Crippen LogP contribution in [0.4, 0.5) is 5.69 Å². The van der Waals surface area contributed by atoms with E-state index in [1.54, 1.807) is 0 Å². The molecule has 0 bridgehead atoms. The Bertz CT molecular complexity index is 602. The Morgan fingerprint density at radius 1 is 1.30 bits per heavy atom. The van der Waals surface area contributed by atoms with Gasteiger partial charge in [-0.3, -0.25) is 4.98 Å². The minimum Gasteiger partial charge on any atom is -0.398 e. The summed E-state index contributed by atoms with van der Waals surface area (Å²) < 4.78 is 0. The van der Waals surface area contributed by atoms with E-state index < -0.39 is 0 Å². The van der Waals surface area contributed by atoms with Crippen LogP contribution < -0.4 is 11.1 Å². The molecule has 1 aliphatic carbocycles. The highest BCUT2D eigenvalue weighted by Crippen LogP contribution is 2.48. The van der Waals surface area contributed by atoms with E-state index in [-0.39, 0.29) is 0 Å². The van der Waals surface area contributed by atoms with E-state index in [4.69, 9.17) is 5.73 Å². The van der Waals surface area contributed by atoms with Gasteiger partial charge >= 0.3 is 0 Å². The van der Waals surface area contributed by atoms with Gasteiger partial charge in [-0.15, -0.1) is 0 Å². The molecular weight excluding hydrogens is 246 g/mol. The largest absolute Gasteiger partial charge is 0.398 e. The van der Waals surface area contributed by atoms with Gasteiger partial charge < -0.3 is 11.1 Å². The van der Waals surface area contributed by atoms with Crippen molar-refractivity contribution in [3.05, 3.63) is 36.0 Å². The quantitative estimate of drug-likeness (QED) is 0.844. The number of hydrogen-bond acceptors (Lipinski definition) is 3. The van der Waals surface area contributed by atoms with Gasteiger partial charge in [-0.1, -0.05) is 31.5 Å². The molecule has 1 fully saturated rings. The number of hydrogen-bond donors (Lipinski definition) is 2. The summed E-state index contributed by atoms with van der Waals surface area (Å²) in [5.41, 5.74) is 9.53. The highest BCUT2D eigenvalue weighted by Gasteiger charge is 2.40. The predicted molar refractivity (Wildman–Crippen MR) is 84.4 cm³/mol. The minimum absolute atomic E-state index is 0.580. The topological polar surface area (TPSA) is 50.9 Å². The van der Waals surface area contributed by atoms with Gasteiger partial charge in [0.15, 0.2) is 0 Å². The molecule has 3 nitrogen and oxygen atoms in total. The number of aromatic nitrogens is 1. The van der Waals surface area contributed by atoms with Crippen molar-refractivity contribution in [2.75, 3.05) is 12.3 Å². The summed E-state index contributed by atoms with van der Waals surface area (Å²) in [5, 5.41) is 4.61. The van der Waals surface area contributed by atoms with E-state index >= 15 is 0 Å². The van der Waals surface area contributed by atoms with Gasteiger partial charge in [0.05, 0.1) is 11.2 Å². The first-order valence-electron chi connectivity index (χ1n) is 7.57. The zero-order chi connectivity index (χ0) is 14.0. The molecule has 0 unspecified atom stereocenters. The first-order chi connectivity index (χ1) is 9.72. The van der Waals surface area contributed by atoms with Gasteiger partial charge in [0.1, 0.15) is 0 Å². The lowest BCUT2D eigenvalue weighted by atomic mass is 10.0. The molecule has 1 aliphatic rings. The van der Waals surface area contributed by atoms with E-state index in [0.29, 0.717) is 5.41 Å². The van der Waals surface area contributed by atoms with Crippen molar-refractivity contribution in [3.8, 4) is 0 Å². The van der Waals surface area contributed by atoms with Crippen LogP contribution in [0.25, 0.3) is 10.9 Å². The summed E-state index contributed by atoms with van der Waals surface area (Å²) in [7, 11) is 0. The van der Waals surface area contributed by atoms with Gasteiger partial charge in [0, 0.05) is 24.2 Å². The Morgan fingerprint density at radius 2 is 2.10 bits per heavy atom. The lowest BCUT2D eigenvalue weighted by Crippen LogP contribution is -2.24. The van der Waals surface area contributed by atoms with Crippen LogP contribution in [0.2, 0.25) is 0 Å². The summed E-state index contributed by atoms with van der Waals surface area (Å²) in [6.45, 7) is 4.18. The molecule has 1 aromatic carbocycles. The molecule has 0 amide bonds. The Labute approximate surface area is 120 Å². The monoisotopic (exact) mass is 269 g/mol. The Balaban J connectivity index is 1.66. The number of fused-ring (bicyclic) bond motifs is 1. The molecule has 0 atom stereocenters. The number of nitrogens with zero attached hydrogens (tertiary/aromatic N) is 1. The molecule has 1 aromatic heterocycles. The summed E-state index contributed by atoms with van der Waals surface area (Å²) in [4.78, 5) is 4.68. The fourth-order valence-corrected chi connectivity index (χ4v) is 3.03. The van der Waals surface area contributed by atoms with E-state index in [1.165, 1.54) is 25.7 Å². The van der Waals surface area contributed by atoms with E-state index in [9.17, 15) is 0 Å². The summed E-state index contributed by atoms with van der Waals surface area (Å²) in [6.07, 6.45) is 5.37. The van der Waals surface area contributed by atoms with E-state index in [1.807, 2.05) is 30.3 Å². The van der Waals surface area contributed by atoms with Crippen LogP contribution in [0.3, 0.4) is 0 Å². The molecule has 1 heterocycles. The second-order valence-electron chi connectivity index (χ2n) is 6.07. The molecule has 106 valence electrons. The Kier molecular flexibility index (Phi) is 3.62. The number of pyridine rings is 1. The number of nitrogens with one attached hydrogen (secondary N) is 1. The smallest absolute Gasteiger partial charge is 0.0726 e. The maximum absolute atomic E-state index is 6.11. The fourth-order valence-electron chi connectivity index (χ4n) is 3.03. The maximum Gasteiger partial charge on any atom is 0.0726 e. The number of rotatable bonds is 6. The first-order valence-corrected chi connectivity index (χ1v) is 7.57. The molecule has 1 saturated carbocycles. The molecule has 3 rings (SSSR count). The number of para-hydroxylation sites is 1. The van der Waals surface area contributed by atoms with Crippen LogP contribution in [0, 0.1) is 5.41 Å². The van der Waals surface area contributed by atoms with Crippen LogP contribution in [0.5, 0.6) is 0 Å². The maximum atomic E-state index is 6.11. The van der Waals surface area contributed by atoms with Gasteiger partial charge in [-0.2, -0.15) is 0 Å². The number of anilines is 1. The molecule has 2 aromatic rings. The normalized spacial score (nSPS) is 16.4. The summed E-state index contributed by atoms with van der Waals surface area (Å²) in [6, 6.07) is 10.0. The molecular formula is C17H23N3. The van der Waals surface area contributed by atoms with Crippen molar-refractivity contribution in [1.82, 2.24) is 10.3 Å². The van der Waals surface area contributed by atoms with E-state index in [0.717, 1.165) is 35.4 Å². The van der Waals surface area contributed by atoms with Crippen LogP contribution in [0.1, 0.15) is 38.3 Å². The predicted octanol–water partition coefficient (Wildman–Crippen LogP) is 3.49. The van der Waals surface area contributed by atoms with Gasteiger partial charge in [-0.05, 0) is 36.8 Å². The second-order valence-corrected chi connectivity index (χ2v) is 6.07. The summed E-state index contributed by atoms with van der Waals surface area (Å²) in [5.74, 6) is 0. The lowest BCUT2D eigenvalue weighted by Gasteiger charge is -2.15. The number of nitrogen functional groups attached to an aromatic ring is 1. The van der Waals surface area contributed by atoms with Crippen LogP contribution in [-0.2, 0) is 6.54 Å². The molecule has 0 radical (unpaired) electrons. The van der Waals surface area contributed by atoms with Gasteiger partial charge in [-0.25, -0.2) is 0 Å². The van der Waals surface area contributed by atoms with Crippen molar-refractivity contribution in [3.63, 3.8) is 0 Å². The third kappa shape index (κ3) is 2.78. The average Bonchev–Trinajstić information content (AvgIpc) is 3.19. The molecule has 3 N–H and O–H groups in total. The molecule has 0 aliphatic heterocycles. The van der Waals surface area contributed by atoms with Crippen molar-refractivity contribution >= 4 is 16.6 Å². The zero-order valence-corrected chi connectivity index (χ0v) is 12.2. The van der Waals surface area contributed by atoms with Crippen molar-refractivity contribution in [2.45, 2.75) is 39.2 Å². The third-order valence-corrected chi connectivity index (χ3v) is 4.34. The minimum atomic E-state index is 0.580. The molecule has 0 spiro atoms. The van der Waals surface area contributed by atoms with Crippen LogP contribution in [0.15, 0.2) is 30.3 Å². The SMILES string of the molecule is CCCC1(CNCc2cc(N)c3ccccc3n2)CC1. The first kappa shape index (κ1) is 13.4. The highest BCUT2D eigenvalue weighted by molar-refractivity contribution is 5.90. The van der Waals surface area contributed by atoms with Gasteiger partial charge in [0.25, 0.3) is 0 Å².